The van der Waals surface area contributed by atoms with Crippen molar-refractivity contribution in [1.29, 1.82) is 0 Å². The van der Waals surface area contributed by atoms with Crippen molar-refractivity contribution in [3.05, 3.63) is 69.5 Å². The Bertz CT molecular complexity index is 1530. The Morgan fingerprint density at radius 2 is 1.71 bits per heavy atom. The predicted molar refractivity (Wildman–Crippen MR) is 160 cm³/mol. The number of nitrogens with two attached hydrogens (primary N) is 1. The fraction of sp³-hybridized carbons (Fsp3) is 0.469. The van der Waals surface area contributed by atoms with Crippen LogP contribution in [0.1, 0.15) is 55.1 Å². The van der Waals surface area contributed by atoms with Gasteiger partial charge in [-0.2, -0.15) is 0 Å². The molecule has 2 amide bonds. The molecule has 0 unspecified atom stereocenters. The molecule has 3 heterocycles. The number of rotatable bonds is 7. The maximum Gasteiger partial charge on any atom is 0.410 e. The summed E-state index contributed by atoms with van der Waals surface area (Å²) in [7, 11) is 0. The minimum atomic E-state index is -0.610. The topological polar surface area (TPSA) is 116 Å². The Hall–Kier alpha value is -4.05. The van der Waals surface area contributed by atoms with Crippen LogP contribution in [-0.2, 0) is 17.8 Å². The van der Waals surface area contributed by atoms with Crippen molar-refractivity contribution in [2.24, 2.45) is 5.73 Å². The number of fused-ring (bicyclic) bond motifs is 2. The monoisotopic (exact) mass is 576 g/mol. The van der Waals surface area contributed by atoms with Crippen LogP contribution >= 0.6 is 0 Å². The first kappa shape index (κ1) is 29.4. The van der Waals surface area contributed by atoms with Gasteiger partial charge in [0.2, 0.25) is 5.91 Å². The number of benzene rings is 2. The lowest BCUT2D eigenvalue weighted by molar-refractivity contribution is 0.00562. The van der Waals surface area contributed by atoms with Crippen molar-refractivity contribution in [1.82, 2.24) is 14.4 Å². The van der Waals surface area contributed by atoms with Crippen LogP contribution in [0.5, 0.6) is 11.5 Å². The number of ether oxygens (including phenoxy) is 3. The molecule has 1 aromatic heterocycles. The van der Waals surface area contributed by atoms with Gasteiger partial charge in [-0.05, 0) is 69.9 Å². The van der Waals surface area contributed by atoms with E-state index in [4.69, 9.17) is 19.9 Å². The SMILES string of the molecule is Cc1ccc2c(C(N)=O)cc(=O)n(CCN3CCC(N(Cc4ccc5c(c4)OCCO5)C(=O)OC(C)(C)C)CC3)c2c1. The molecule has 3 aromatic rings. The molecule has 10 heteroatoms. The van der Waals surface area contributed by atoms with Crippen molar-refractivity contribution < 1.29 is 23.8 Å². The molecule has 42 heavy (non-hydrogen) atoms. The van der Waals surface area contributed by atoms with Gasteiger partial charge < -0.3 is 34.3 Å². The van der Waals surface area contributed by atoms with E-state index in [1.807, 2.05) is 69.0 Å². The van der Waals surface area contributed by atoms with Gasteiger partial charge in [0.05, 0.1) is 11.1 Å². The van der Waals surface area contributed by atoms with E-state index in [0.29, 0.717) is 55.2 Å². The maximum absolute atomic E-state index is 13.4. The summed E-state index contributed by atoms with van der Waals surface area (Å²) in [6.45, 7) is 11.7. The highest BCUT2D eigenvalue weighted by Gasteiger charge is 2.31. The molecule has 224 valence electrons. The lowest BCUT2D eigenvalue weighted by Gasteiger charge is -2.39. The molecular formula is C32H40N4O6. The molecule has 2 aromatic carbocycles. The molecule has 0 spiro atoms. The van der Waals surface area contributed by atoms with Crippen LogP contribution in [0.3, 0.4) is 0 Å². The Kier molecular flexibility index (Phi) is 8.45. The lowest BCUT2D eigenvalue weighted by Crippen LogP contribution is -2.49. The van der Waals surface area contributed by atoms with Gasteiger partial charge in [0.15, 0.2) is 11.5 Å². The number of nitrogens with zero attached hydrogens (tertiary/aromatic N) is 3. The summed E-state index contributed by atoms with van der Waals surface area (Å²) < 4.78 is 18.9. The van der Waals surface area contributed by atoms with Crippen LogP contribution in [-0.4, -0.2) is 70.9 Å². The number of hydrogen-bond donors (Lipinski definition) is 1. The fourth-order valence-electron chi connectivity index (χ4n) is 5.67. The third-order valence-corrected chi connectivity index (χ3v) is 7.76. The molecule has 10 nitrogen and oxygen atoms in total. The summed E-state index contributed by atoms with van der Waals surface area (Å²) in [4.78, 5) is 42.5. The maximum atomic E-state index is 13.4. The van der Waals surface area contributed by atoms with E-state index >= 15 is 0 Å². The van der Waals surface area contributed by atoms with Gasteiger partial charge in [-0.1, -0.05) is 18.2 Å². The van der Waals surface area contributed by atoms with Crippen molar-refractivity contribution in [2.45, 2.75) is 65.3 Å². The first-order valence-electron chi connectivity index (χ1n) is 14.5. The second-order valence-electron chi connectivity index (χ2n) is 12.1. The molecule has 2 aliphatic rings. The smallest absolute Gasteiger partial charge is 0.410 e. The number of pyridine rings is 1. The number of primary amides is 1. The molecule has 0 atom stereocenters. The summed E-state index contributed by atoms with van der Waals surface area (Å²) in [5.41, 5.74) is 7.61. The molecule has 0 bridgehead atoms. The van der Waals surface area contributed by atoms with Gasteiger partial charge in [0.25, 0.3) is 5.56 Å². The molecule has 1 fully saturated rings. The predicted octanol–water partition coefficient (Wildman–Crippen LogP) is 4.08. The van der Waals surface area contributed by atoms with Crippen molar-refractivity contribution >= 4 is 22.9 Å². The standard InChI is InChI=1S/C32H40N4O6/c1-21-5-7-24-25(30(33)38)19-29(37)35(26(24)17-21)14-13-34-11-9-23(10-12-34)36(31(39)42-32(2,3)4)20-22-6-8-27-28(18-22)41-16-15-40-27/h5-8,17-19,23H,9-16,20H2,1-4H3,(H2,33,38). The van der Waals surface area contributed by atoms with Gasteiger partial charge in [-0.15, -0.1) is 0 Å². The third kappa shape index (κ3) is 6.70. The highest BCUT2D eigenvalue weighted by atomic mass is 16.6. The third-order valence-electron chi connectivity index (χ3n) is 7.76. The van der Waals surface area contributed by atoms with Gasteiger partial charge in [-0.3, -0.25) is 9.59 Å². The second kappa shape index (κ2) is 12.1. The summed E-state index contributed by atoms with van der Waals surface area (Å²) >= 11 is 0. The first-order valence-corrected chi connectivity index (χ1v) is 14.5. The Labute approximate surface area is 245 Å². The Balaban J connectivity index is 1.28. The zero-order chi connectivity index (χ0) is 30.0. The Morgan fingerprint density at radius 1 is 1.00 bits per heavy atom. The summed E-state index contributed by atoms with van der Waals surface area (Å²) in [5, 5.41) is 0.679. The van der Waals surface area contributed by atoms with Crippen molar-refractivity contribution in [2.75, 3.05) is 32.8 Å². The average Bonchev–Trinajstić information content (AvgIpc) is 2.94. The number of carbonyl (C=O) groups excluding carboxylic acids is 2. The number of aromatic nitrogens is 1. The van der Waals surface area contributed by atoms with E-state index in [1.54, 1.807) is 4.57 Å². The normalized spacial score (nSPS) is 15.9. The van der Waals surface area contributed by atoms with E-state index in [2.05, 4.69) is 4.90 Å². The Morgan fingerprint density at radius 3 is 2.40 bits per heavy atom. The summed E-state index contributed by atoms with van der Waals surface area (Å²) in [6, 6.07) is 12.8. The van der Waals surface area contributed by atoms with Crippen LogP contribution in [0.15, 0.2) is 47.3 Å². The van der Waals surface area contributed by atoms with E-state index in [9.17, 15) is 14.4 Å². The van der Waals surface area contributed by atoms with E-state index < -0.39 is 11.5 Å². The van der Waals surface area contributed by atoms with Gasteiger partial charge in [-0.25, -0.2) is 4.79 Å². The molecule has 5 rings (SSSR count). The van der Waals surface area contributed by atoms with Gasteiger partial charge >= 0.3 is 6.09 Å². The van der Waals surface area contributed by atoms with Crippen molar-refractivity contribution in [3.63, 3.8) is 0 Å². The van der Waals surface area contributed by atoms with Gasteiger partial charge in [0, 0.05) is 50.2 Å². The molecule has 2 aliphatic heterocycles. The van der Waals surface area contributed by atoms with Crippen LogP contribution in [0.2, 0.25) is 0 Å². The lowest BCUT2D eigenvalue weighted by atomic mass is 10.0. The van der Waals surface area contributed by atoms with E-state index in [0.717, 1.165) is 37.1 Å². The highest BCUT2D eigenvalue weighted by Crippen LogP contribution is 2.32. The largest absolute Gasteiger partial charge is 0.486 e. The number of hydrogen-bond acceptors (Lipinski definition) is 7. The molecule has 1 saturated heterocycles. The van der Waals surface area contributed by atoms with E-state index in [1.165, 1.54) is 6.07 Å². The average molecular weight is 577 g/mol. The summed E-state index contributed by atoms with van der Waals surface area (Å²) in [6.07, 6.45) is 1.22. The second-order valence-corrected chi connectivity index (χ2v) is 12.1. The number of amides is 2. The highest BCUT2D eigenvalue weighted by molar-refractivity contribution is 6.05. The number of carbonyl (C=O) groups is 2. The minimum absolute atomic E-state index is 0.00496. The molecule has 0 radical (unpaired) electrons. The zero-order valence-corrected chi connectivity index (χ0v) is 24.9. The number of likely N-dealkylation sites (tertiary alicyclic amines) is 1. The molecule has 0 saturated carbocycles. The molecular weight excluding hydrogens is 536 g/mol. The minimum Gasteiger partial charge on any atom is -0.486 e. The number of piperidine rings is 1. The molecule has 2 N–H and O–H groups in total. The zero-order valence-electron chi connectivity index (χ0n) is 24.9. The first-order chi connectivity index (χ1) is 20.0. The van der Waals surface area contributed by atoms with Gasteiger partial charge in [0.1, 0.15) is 18.8 Å². The summed E-state index contributed by atoms with van der Waals surface area (Å²) in [5.74, 6) is 0.800. The van der Waals surface area contributed by atoms with Crippen LogP contribution in [0.25, 0.3) is 10.9 Å². The fourth-order valence-corrected chi connectivity index (χ4v) is 5.67. The molecule has 0 aliphatic carbocycles. The van der Waals surface area contributed by atoms with Crippen molar-refractivity contribution in [3.8, 4) is 11.5 Å². The van der Waals surface area contributed by atoms with Crippen LogP contribution in [0.4, 0.5) is 4.79 Å². The number of aryl methyl sites for hydroxylation is 1. The van der Waals surface area contributed by atoms with Crippen LogP contribution < -0.4 is 20.8 Å². The van der Waals surface area contributed by atoms with Crippen LogP contribution in [0, 0.1) is 6.92 Å². The quantitative estimate of drug-likeness (QED) is 0.451. The van der Waals surface area contributed by atoms with E-state index in [-0.39, 0.29) is 23.3 Å².